The number of carboxylic acid groups (broad SMARTS) is 1. The molecule has 1 aliphatic heterocycles. The largest absolute Gasteiger partial charge is 0.479 e. The van der Waals surface area contributed by atoms with Crippen molar-refractivity contribution in [2.75, 3.05) is 6.61 Å². The van der Waals surface area contributed by atoms with Gasteiger partial charge in [-0.25, -0.2) is 4.79 Å². The molecular formula is C10H18O4. The summed E-state index contributed by atoms with van der Waals surface area (Å²) >= 11 is 0. The molecule has 0 spiro atoms. The standard InChI is InChI=1S/C10H18O4/c1-6-3-4-8(7(2)5-11)14-9(6)10(12)13/h6-9,11H,3-5H2,1-2H3,(H,12,13). The van der Waals surface area contributed by atoms with Crippen molar-refractivity contribution >= 4 is 5.97 Å². The molecule has 2 N–H and O–H groups in total. The molecule has 0 aromatic carbocycles. The van der Waals surface area contributed by atoms with Crippen molar-refractivity contribution in [3.05, 3.63) is 0 Å². The number of carbonyl (C=O) groups is 1. The van der Waals surface area contributed by atoms with Gasteiger partial charge in [-0.2, -0.15) is 0 Å². The number of aliphatic carboxylic acids is 1. The fourth-order valence-corrected chi connectivity index (χ4v) is 1.81. The van der Waals surface area contributed by atoms with E-state index in [4.69, 9.17) is 14.9 Å². The first-order valence-corrected chi connectivity index (χ1v) is 5.05. The molecule has 1 aliphatic rings. The van der Waals surface area contributed by atoms with E-state index in [2.05, 4.69) is 0 Å². The predicted molar refractivity (Wildman–Crippen MR) is 50.9 cm³/mol. The van der Waals surface area contributed by atoms with Crippen LogP contribution in [0.2, 0.25) is 0 Å². The van der Waals surface area contributed by atoms with E-state index in [0.29, 0.717) is 0 Å². The first-order chi connectivity index (χ1) is 6.56. The van der Waals surface area contributed by atoms with E-state index in [9.17, 15) is 4.79 Å². The number of aliphatic hydroxyl groups excluding tert-OH is 1. The number of ether oxygens (including phenoxy) is 1. The molecule has 0 aromatic heterocycles. The van der Waals surface area contributed by atoms with Crippen LogP contribution in [-0.2, 0) is 9.53 Å². The molecule has 4 nitrogen and oxygen atoms in total. The van der Waals surface area contributed by atoms with Gasteiger partial charge in [0.2, 0.25) is 0 Å². The Morgan fingerprint density at radius 2 is 2.21 bits per heavy atom. The Bertz CT molecular complexity index is 204. The zero-order chi connectivity index (χ0) is 10.7. The molecule has 0 bridgehead atoms. The van der Waals surface area contributed by atoms with Gasteiger partial charge in [-0.15, -0.1) is 0 Å². The lowest BCUT2D eigenvalue weighted by Gasteiger charge is -2.34. The molecule has 4 unspecified atom stereocenters. The topological polar surface area (TPSA) is 66.8 Å². The Labute approximate surface area is 83.9 Å². The minimum Gasteiger partial charge on any atom is -0.479 e. The van der Waals surface area contributed by atoms with E-state index < -0.39 is 12.1 Å². The summed E-state index contributed by atoms with van der Waals surface area (Å²) in [4.78, 5) is 10.8. The van der Waals surface area contributed by atoms with E-state index in [1.54, 1.807) is 0 Å². The van der Waals surface area contributed by atoms with Gasteiger partial charge < -0.3 is 14.9 Å². The van der Waals surface area contributed by atoms with Gasteiger partial charge in [0, 0.05) is 12.5 Å². The van der Waals surface area contributed by atoms with E-state index in [-0.39, 0.29) is 24.5 Å². The zero-order valence-corrected chi connectivity index (χ0v) is 8.64. The van der Waals surface area contributed by atoms with Gasteiger partial charge in [-0.05, 0) is 18.8 Å². The third-order valence-corrected chi connectivity index (χ3v) is 2.91. The normalized spacial score (nSPS) is 35.2. The zero-order valence-electron chi connectivity index (χ0n) is 8.64. The van der Waals surface area contributed by atoms with Gasteiger partial charge in [0.25, 0.3) is 0 Å². The van der Waals surface area contributed by atoms with E-state index in [0.717, 1.165) is 12.8 Å². The quantitative estimate of drug-likeness (QED) is 0.713. The molecule has 1 rings (SSSR count). The number of hydrogen-bond acceptors (Lipinski definition) is 3. The molecule has 0 saturated carbocycles. The molecule has 82 valence electrons. The summed E-state index contributed by atoms with van der Waals surface area (Å²) < 4.78 is 5.45. The van der Waals surface area contributed by atoms with Gasteiger partial charge in [-0.3, -0.25) is 0 Å². The fraction of sp³-hybridized carbons (Fsp3) is 0.900. The molecule has 1 fully saturated rings. The van der Waals surface area contributed by atoms with Crippen LogP contribution < -0.4 is 0 Å². The number of carboxylic acids is 1. The van der Waals surface area contributed by atoms with Crippen molar-refractivity contribution < 1.29 is 19.7 Å². The van der Waals surface area contributed by atoms with Gasteiger partial charge in [-0.1, -0.05) is 13.8 Å². The third-order valence-electron chi connectivity index (χ3n) is 2.91. The summed E-state index contributed by atoms with van der Waals surface area (Å²) in [5.74, 6) is -0.814. The van der Waals surface area contributed by atoms with Crippen LogP contribution in [0.3, 0.4) is 0 Å². The maximum Gasteiger partial charge on any atom is 0.333 e. The second-order valence-corrected chi connectivity index (χ2v) is 4.15. The van der Waals surface area contributed by atoms with Crippen LogP contribution in [0, 0.1) is 11.8 Å². The second kappa shape index (κ2) is 4.75. The van der Waals surface area contributed by atoms with Crippen molar-refractivity contribution in [3.63, 3.8) is 0 Å². The first kappa shape index (κ1) is 11.5. The molecule has 4 atom stereocenters. The fourth-order valence-electron chi connectivity index (χ4n) is 1.81. The lowest BCUT2D eigenvalue weighted by atomic mass is 9.89. The minimum absolute atomic E-state index is 0.0179. The summed E-state index contributed by atoms with van der Waals surface area (Å²) in [6, 6.07) is 0. The monoisotopic (exact) mass is 202 g/mol. The van der Waals surface area contributed by atoms with Crippen LogP contribution in [0.5, 0.6) is 0 Å². The van der Waals surface area contributed by atoms with Crippen molar-refractivity contribution in [3.8, 4) is 0 Å². The lowest BCUT2D eigenvalue weighted by molar-refractivity contribution is -0.170. The third kappa shape index (κ3) is 2.45. The molecule has 0 aliphatic carbocycles. The van der Waals surface area contributed by atoms with Crippen LogP contribution in [0.4, 0.5) is 0 Å². The number of rotatable bonds is 3. The van der Waals surface area contributed by atoms with Gasteiger partial charge >= 0.3 is 5.97 Å². The Morgan fingerprint density at radius 1 is 1.57 bits per heavy atom. The summed E-state index contributed by atoms with van der Waals surface area (Å²) in [5, 5.41) is 17.8. The highest BCUT2D eigenvalue weighted by Crippen LogP contribution is 2.28. The molecule has 0 radical (unpaired) electrons. The molecule has 1 saturated heterocycles. The Morgan fingerprint density at radius 3 is 2.71 bits per heavy atom. The lowest BCUT2D eigenvalue weighted by Crippen LogP contribution is -2.42. The Balaban J connectivity index is 2.57. The second-order valence-electron chi connectivity index (χ2n) is 4.15. The SMILES string of the molecule is CC(CO)C1CCC(C)C(C(=O)O)O1. The van der Waals surface area contributed by atoms with Crippen LogP contribution in [0.25, 0.3) is 0 Å². The highest BCUT2D eigenvalue weighted by atomic mass is 16.5. The van der Waals surface area contributed by atoms with Crippen molar-refractivity contribution in [2.24, 2.45) is 11.8 Å². The molecule has 0 amide bonds. The molecule has 4 heteroatoms. The highest BCUT2D eigenvalue weighted by molar-refractivity contribution is 5.72. The first-order valence-electron chi connectivity index (χ1n) is 5.05. The van der Waals surface area contributed by atoms with Crippen LogP contribution >= 0.6 is 0 Å². The van der Waals surface area contributed by atoms with E-state index in [1.807, 2.05) is 13.8 Å². The van der Waals surface area contributed by atoms with Gasteiger partial charge in [0.1, 0.15) is 0 Å². The predicted octanol–water partition coefficient (Wildman–Crippen LogP) is 0.883. The van der Waals surface area contributed by atoms with Crippen LogP contribution in [0.15, 0.2) is 0 Å². The van der Waals surface area contributed by atoms with Crippen molar-refractivity contribution in [2.45, 2.75) is 38.9 Å². The number of hydrogen-bond donors (Lipinski definition) is 2. The Hall–Kier alpha value is -0.610. The summed E-state index contributed by atoms with van der Waals surface area (Å²) in [6.45, 7) is 3.81. The highest BCUT2D eigenvalue weighted by Gasteiger charge is 2.35. The average molecular weight is 202 g/mol. The summed E-state index contributed by atoms with van der Waals surface area (Å²) in [5.41, 5.74) is 0. The van der Waals surface area contributed by atoms with Crippen molar-refractivity contribution in [1.29, 1.82) is 0 Å². The minimum atomic E-state index is -0.896. The molecule has 14 heavy (non-hydrogen) atoms. The van der Waals surface area contributed by atoms with E-state index >= 15 is 0 Å². The molecular weight excluding hydrogens is 184 g/mol. The van der Waals surface area contributed by atoms with Crippen molar-refractivity contribution in [1.82, 2.24) is 0 Å². The maximum atomic E-state index is 10.8. The number of aliphatic hydroxyl groups is 1. The van der Waals surface area contributed by atoms with Crippen LogP contribution in [0.1, 0.15) is 26.7 Å². The summed E-state index contributed by atoms with van der Waals surface area (Å²) in [7, 11) is 0. The molecule has 0 aromatic rings. The van der Waals surface area contributed by atoms with E-state index in [1.165, 1.54) is 0 Å². The Kier molecular flexibility index (Phi) is 3.89. The van der Waals surface area contributed by atoms with Crippen LogP contribution in [-0.4, -0.2) is 35.0 Å². The molecule has 1 heterocycles. The maximum absolute atomic E-state index is 10.8. The smallest absolute Gasteiger partial charge is 0.333 e. The van der Waals surface area contributed by atoms with Gasteiger partial charge in [0.15, 0.2) is 6.10 Å². The average Bonchev–Trinajstić information content (AvgIpc) is 2.17. The summed E-state index contributed by atoms with van der Waals surface area (Å²) in [6.07, 6.45) is 0.874. The van der Waals surface area contributed by atoms with Gasteiger partial charge in [0.05, 0.1) is 6.10 Å².